The van der Waals surface area contributed by atoms with Gasteiger partial charge in [0.2, 0.25) is 0 Å². The van der Waals surface area contributed by atoms with Crippen molar-refractivity contribution in [3.8, 4) is 11.1 Å². The van der Waals surface area contributed by atoms with Crippen LogP contribution < -0.4 is 10.6 Å². The number of carboxylic acid groups (broad SMARTS) is 1. The van der Waals surface area contributed by atoms with Gasteiger partial charge in [-0.2, -0.15) is 0 Å². The minimum Gasteiger partial charge on any atom is -0.481 e. The number of hydrogen-bond donors (Lipinski definition) is 3. The second-order valence-corrected chi connectivity index (χ2v) is 9.53. The minimum atomic E-state index is -0.830. The Labute approximate surface area is 200 Å². The summed E-state index contributed by atoms with van der Waals surface area (Å²) in [5, 5.41) is 14.8. The fraction of sp³-hybridized carbons (Fsp3) is 0.280. The van der Waals surface area contributed by atoms with Crippen LogP contribution in [0.15, 0.2) is 54.7 Å². The van der Waals surface area contributed by atoms with Gasteiger partial charge in [-0.3, -0.25) is 14.9 Å². The molecular weight excluding hydrogens is 454 g/mol. The molecule has 3 N–H and O–H groups in total. The van der Waals surface area contributed by atoms with Gasteiger partial charge in [0.25, 0.3) is 5.91 Å². The van der Waals surface area contributed by atoms with Gasteiger partial charge >= 0.3 is 12.1 Å². The van der Waals surface area contributed by atoms with E-state index in [1.807, 2.05) is 24.3 Å². The molecule has 1 aromatic heterocycles. The molecule has 2 aromatic carbocycles. The van der Waals surface area contributed by atoms with Crippen LogP contribution in [0.4, 0.5) is 9.93 Å². The molecule has 2 amide bonds. The number of aliphatic carboxylic acids is 1. The molecule has 0 spiro atoms. The van der Waals surface area contributed by atoms with Crippen LogP contribution in [0.3, 0.4) is 0 Å². The summed E-state index contributed by atoms with van der Waals surface area (Å²) in [6, 6.07) is 16.0. The third-order valence-electron chi connectivity index (χ3n) is 6.40. The average molecular weight is 478 g/mol. The van der Waals surface area contributed by atoms with Crippen LogP contribution >= 0.6 is 11.3 Å². The Morgan fingerprint density at radius 3 is 2.35 bits per heavy atom. The van der Waals surface area contributed by atoms with E-state index in [0.29, 0.717) is 24.1 Å². The van der Waals surface area contributed by atoms with Crippen LogP contribution in [0, 0.1) is 5.92 Å². The molecule has 174 valence electrons. The molecule has 1 fully saturated rings. The Kier molecular flexibility index (Phi) is 6.02. The van der Waals surface area contributed by atoms with E-state index in [0.717, 1.165) is 33.6 Å². The monoisotopic (exact) mass is 477 g/mol. The van der Waals surface area contributed by atoms with E-state index in [4.69, 9.17) is 9.84 Å². The molecule has 5 rings (SSSR count). The van der Waals surface area contributed by atoms with Crippen LogP contribution in [0.2, 0.25) is 0 Å². The predicted molar refractivity (Wildman–Crippen MR) is 127 cm³/mol. The zero-order valence-electron chi connectivity index (χ0n) is 18.2. The summed E-state index contributed by atoms with van der Waals surface area (Å²) < 4.78 is 5.52. The standard InChI is InChI=1S/C25H23N3O5S/c29-22(27-15-10-9-14(11-15)23(30)31)21-12-26-24(34-21)28-25(32)33-13-20-18-7-3-1-5-16(18)17-6-2-4-8-19(17)20/h1-8,12,14-15,20H,9-11,13H2,(H,27,29)(H,30,31)(H,26,28,32)/t14-,15+/m1/s1. The SMILES string of the molecule is O=C(Nc1ncc(C(=O)N[C@H]2CC[C@@H](C(=O)O)C2)s1)OCC1c2ccccc2-c2ccccc21. The van der Waals surface area contributed by atoms with Crippen molar-refractivity contribution in [3.63, 3.8) is 0 Å². The molecular formula is C25H23N3O5S. The number of carboxylic acids is 1. The predicted octanol–water partition coefficient (Wildman–Crippen LogP) is 4.49. The summed E-state index contributed by atoms with van der Waals surface area (Å²) >= 11 is 1.04. The molecule has 1 saturated carbocycles. The summed E-state index contributed by atoms with van der Waals surface area (Å²) in [5.74, 6) is -1.62. The van der Waals surface area contributed by atoms with E-state index in [2.05, 4.69) is 39.9 Å². The Hall–Kier alpha value is -3.72. The maximum absolute atomic E-state index is 12.5. The smallest absolute Gasteiger partial charge is 0.413 e. The molecule has 0 unspecified atom stereocenters. The van der Waals surface area contributed by atoms with E-state index in [-0.39, 0.29) is 29.6 Å². The van der Waals surface area contributed by atoms with Crippen LogP contribution in [0.1, 0.15) is 46.0 Å². The van der Waals surface area contributed by atoms with Crippen molar-refractivity contribution in [2.24, 2.45) is 5.92 Å². The lowest BCUT2D eigenvalue weighted by Crippen LogP contribution is -2.32. The third-order valence-corrected chi connectivity index (χ3v) is 7.31. The zero-order valence-corrected chi connectivity index (χ0v) is 19.0. The van der Waals surface area contributed by atoms with Crippen molar-refractivity contribution >= 4 is 34.4 Å². The lowest BCUT2D eigenvalue weighted by atomic mass is 9.98. The normalized spacial score (nSPS) is 18.7. The topological polar surface area (TPSA) is 118 Å². The van der Waals surface area contributed by atoms with Crippen LogP contribution in [-0.2, 0) is 9.53 Å². The molecule has 34 heavy (non-hydrogen) atoms. The zero-order chi connectivity index (χ0) is 23.7. The summed E-state index contributed by atoms with van der Waals surface area (Å²) in [5.41, 5.74) is 4.56. The Morgan fingerprint density at radius 2 is 1.71 bits per heavy atom. The lowest BCUT2D eigenvalue weighted by Gasteiger charge is -2.14. The van der Waals surface area contributed by atoms with Gasteiger partial charge in [-0.15, -0.1) is 0 Å². The van der Waals surface area contributed by atoms with Gasteiger partial charge in [0.05, 0.1) is 12.1 Å². The highest BCUT2D eigenvalue weighted by atomic mass is 32.1. The van der Waals surface area contributed by atoms with Gasteiger partial charge in [0, 0.05) is 12.0 Å². The summed E-state index contributed by atoms with van der Waals surface area (Å²) in [6.45, 7) is 0.186. The quantitative estimate of drug-likeness (QED) is 0.482. The maximum Gasteiger partial charge on any atom is 0.413 e. The minimum absolute atomic E-state index is 0.0446. The molecule has 0 radical (unpaired) electrons. The highest BCUT2D eigenvalue weighted by molar-refractivity contribution is 7.17. The van der Waals surface area contributed by atoms with Crippen molar-refractivity contribution in [3.05, 3.63) is 70.7 Å². The number of amides is 2. The van der Waals surface area contributed by atoms with Crippen molar-refractivity contribution in [1.29, 1.82) is 0 Å². The molecule has 0 aliphatic heterocycles. The van der Waals surface area contributed by atoms with Gasteiger partial charge in [0.15, 0.2) is 5.13 Å². The fourth-order valence-electron chi connectivity index (χ4n) is 4.75. The Balaban J connectivity index is 1.17. The number of fused-ring (bicyclic) bond motifs is 3. The van der Waals surface area contributed by atoms with E-state index < -0.39 is 18.0 Å². The van der Waals surface area contributed by atoms with Crippen molar-refractivity contribution in [1.82, 2.24) is 10.3 Å². The number of benzene rings is 2. The molecule has 9 heteroatoms. The largest absolute Gasteiger partial charge is 0.481 e. The van der Waals surface area contributed by atoms with Crippen molar-refractivity contribution in [2.75, 3.05) is 11.9 Å². The molecule has 2 aliphatic rings. The average Bonchev–Trinajstić information content (AvgIpc) is 3.56. The number of ether oxygens (including phenoxy) is 1. The first-order valence-electron chi connectivity index (χ1n) is 11.1. The molecule has 0 saturated heterocycles. The molecule has 2 aliphatic carbocycles. The lowest BCUT2D eigenvalue weighted by molar-refractivity contribution is -0.141. The number of nitrogens with one attached hydrogen (secondary N) is 2. The van der Waals surface area contributed by atoms with Crippen LogP contribution in [0.5, 0.6) is 0 Å². The van der Waals surface area contributed by atoms with E-state index in [1.165, 1.54) is 6.20 Å². The third kappa shape index (κ3) is 4.38. The summed E-state index contributed by atoms with van der Waals surface area (Å²) in [7, 11) is 0. The van der Waals surface area contributed by atoms with Gasteiger partial charge in [-0.05, 0) is 41.5 Å². The van der Waals surface area contributed by atoms with E-state index in [9.17, 15) is 14.4 Å². The molecule has 8 nitrogen and oxygen atoms in total. The number of thiazole rings is 1. The van der Waals surface area contributed by atoms with Crippen molar-refractivity contribution in [2.45, 2.75) is 31.2 Å². The first-order chi connectivity index (χ1) is 16.5. The van der Waals surface area contributed by atoms with Gasteiger partial charge in [-0.25, -0.2) is 9.78 Å². The Morgan fingerprint density at radius 1 is 1.03 bits per heavy atom. The summed E-state index contributed by atoms with van der Waals surface area (Å²) in [4.78, 5) is 40.4. The number of anilines is 1. The number of nitrogens with zero attached hydrogens (tertiary/aromatic N) is 1. The van der Waals surface area contributed by atoms with Crippen molar-refractivity contribution < 1.29 is 24.2 Å². The Bertz CT molecular complexity index is 1210. The summed E-state index contributed by atoms with van der Waals surface area (Å²) in [6.07, 6.45) is 2.36. The first-order valence-corrected chi connectivity index (χ1v) is 11.9. The molecule has 1 heterocycles. The second-order valence-electron chi connectivity index (χ2n) is 8.50. The molecule has 0 bridgehead atoms. The van der Waals surface area contributed by atoms with Crippen LogP contribution in [0.25, 0.3) is 11.1 Å². The molecule has 3 aromatic rings. The van der Waals surface area contributed by atoms with E-state index in [1.54, 1.807) is 0 Å². The second kappa shape index (κ2) is 9.26. The number of hydrogen-bond acceptors (Lipinski definition) is 6. The fourth-order valence-corrected chi connectivity index (χ4v) is 5.46. The molecule has 2 atom stereocenters. The van der Waals surface area contributed by atoms with Gasteiger partial charge in [0.1, 0.15) is 11.5 Å². The van der Waals surface area contributed by atoms with Crippen LogP contribution in [-0.4, -0.2) is 40.7 Å². The number of carbonyl (C=O) groups is 3. The number of rotatable bonds is 6. The number of aromatic nitrogens is 1. The first kappa shape index (κ1) is 22.1. The maximum atomic E-state index is 12.5. The van der Waals surface area contributed by atoms with E-state index >= 15 is 0 Å². The van der Waals surface area contributed by atoms with Gasteiger partial charge in [-0.1, -0.05) is 59.9 Å². The highest BCUT2D eigenvalue weighted by Gasteiger charge is 2.31. The van der Waals surface area contributed by atoms with Gasteiger partial charge < -0.3 is 15.2 Å². The number of carbonyl (C=O) groups excluding carboxylic acids is 2. The highest BCUT2D eigenvalue weighted by Crippen LogP contribution is 2.44.